The minimum absolute atomic E-state index is 0.0843. The molecule has 5 nitrogen and oxygen atoms in total. The first-order chi connectivity index (χ1) is 8.95. The van der Waals surface area contributed by atoms with E-state index in [9.17, 15) is 8.42 Å². The van der Waals surface area contributed by atoms with Crippen molar-refractivity contribution in [1.29, 1.82) is 0 Å². The summed E-state index contributed by atoms with van der Waals surface area (Å²) in [5.41, 5.74) is 0.976. The van der Waals surface area contributed by atoms with Gasteiger partial charge in [-0.2, -0.15) is 4.31 Å². The third-order valence-electron chi connectivity index (χ3n) is 3.50. The van der Waals surface area contributed by atoms with Gasteiger partial charge in [-0.25, -0.2) is 8.42 Å². The molecule has 0 bridgehead atoms. The van der Waals surface area contributed by atoms with E-state index in [0.29, 0.717) is 30.3 Å². The zero-order valence-corrected chi connectivity index (χ0v) is 12.9. The van der Waals surface area contributed by atoms with Gasteiger partial charge in [0.05, 0.1) is 0 Å². The van der Waals surface area contributed by atoms with Crippen LogP contribution in [0.1, 0.15) is 12.0 Å². The van der Waals surface area contributed by atoms with Crippen molar-refractivity contribution in [3.05, 3.63) is 17.0 Å². The molecule has 0 saturated carbocycles. The molecule has 1 aliphatic heterocycles. The van der Waals surface area contributed by atoms with Crippen molar-refractivity contribution in [1.82, 2.24) is 9.21 Å². The van der Waals surface area contributed by atoms with Gasteiger partial charge >= 0.3 is 0 Å². The average molecular weight is 304 g/mol. The Morgan fingerprint density at radius 1 is 1.47 bits per heavy atom. The van der Waals surface area contributed by atoms with Crippen molar-refractivity contribution in [2.45, 2.75) is 23.6 Å². The molecule has 0 aliphatic carbocycles. The third-order valence-corrected chi connectivity index (χ3v) is 6.90. The Morgan fingerprint density at radius 2 is 2.21 bits per heavy atom. The smallest absolute Gasteiger partial charge is 0.252 e. The molecule has 0 aromatic carbocycles. The first-order valence-electron chi connectivity index (χ1n) is 6.31. The van der Waals surface area contributed by atoms with Crippen molar-refractivity contribution in [2.24, 2.45) is 0 Å². The number of hydrogen-bond donors (Lipinski definition) is 1. The molecule has 0 radical (unpaired) electrons. The van der Waals surface area contributed by atoms with Gasteiger partial charge < -0.3 is 10.0 Å². The summed E-state index contributed by atoms with van der Waals surface area (Å²) in [5, 5.41) is 10.9. The van der Waals surface area contributed by atoms with E-state index in [-0.39, 0.29) is 12.6 Å². The highest BCUT2D eigenvalue weighted by Gasteiger charge is 2.33. The van der Waals surface area contributed by atoms with Crippen LogP contribution in [0.25, 0.3) is 0 Å². The predicted octanol–water partition coefficient (Wildman–Crippen LogP) is 0.744. The van der Waals surface area contributed by atoms with Crippen LogP contribution in [0.2, 0.25) is 0 Å². The van der Waals surface area contributed by atoms with Crippen LogP contribution < -0.4 is 0 Å². The molecule has 1 aliphatic rings. The first kappa shape index (κ1) is 14.9. The molecule has 1 saturated heterocycles. The minimum Gasteiger partial charge on any atom is -0.396 e. The van der Waals surface area contributed by atoms with Gasteiger partial charge in [-0.3, -0.25) is 0 Å². The number of aliphatic hydroxyl groups excluding tert-OH is 1. The molecule has 0 amide bonds. The number of likely N-dealkylation sites (N-methyl/N-ethyl adjacent to an activating group) is 1. The fourth-order valence-corrected chi connectivity index (χ4v) is 5.11. The number of nitrogens with zero attached hydrogens (tertiary/aromatic N) is 2. The van der Waals surface area contributed by atoms with E-state index in [1.807, 2.05) is 19.4 Å². The maximum absolute atomic E-state index is 12.5. The highest BCUT2D eigenvalue weighted by Crippen LogP contribution is 2.25. The molecule has 19 heavy (non-hydrogen) atoms. The van der Waals surface area contributed by atoms with Gasteiger partial charge in [0.25, 0.3) is 10.0 Å². The van der Waals surface area contributed by atoms with E-state index < -0.39 is 10.0 Å². The summed E-state index contributed by atoms with van der Waals surface area (Å²) < 4.78 is 27.0. The Hall–Kier alpha value is -0.470. The number of rotatable bonds is 4. The van der Waals surface area contributed by atoms with Crippen LogP contribution in [-0.4, -0.2) is 62.1 Å². The van der Waals surface area contributed by atoms with Gasteiger partial charge in [0.15, 0.2) is 0 Å². The van der Waals surface area contributed by atoms with Crippen LogP contribution in [-0.2, 0) is 10.0 Å². The maximum atomic E-state index is 12.5. The SMILES string of the molecule is Cc1csc(S(=O)(=O)N2CCN(C)[C@H](CCO)C2)c1. The van der Waals surface area contributed by atoms with Gasteiger partial charge in [-0.1, -0.05) is 0 Å². The monoisotopic (exact) mass is 304 g/mol. The molecule has 1 atom stereocenters. The van der Waals surface area contributed by atoms with Gasteiger partial charge in [0.1, 0.15) is 4.21 Å². The molecule has 7 heteroatoms. The quantitative estimate of drug-likeness (QED) is 0.891. The average Bonchev–Trinajstić information content (AvgIpc) is 2.79. The van der Waals surface area contributed by atoms with Gasteiger partial charge in [-0.05, 0) is 37.4 Å². The van der Waals surface area contributed by atoms with E-state index >= 15 is 0 Å². The predicted molar refractivity (Wildman–Crippen MR) is 75.9 cm³/mol. The summed E-state index contributed by atoms with van der Waals surface area (Å²) in [5.74, 6) is 0. The lowest BCUT2D eigenvalue weighted by Gasteiger charge is -2.38. The highest BCUT2D eigenvalue weighted by molar-refractivity contribution is 7.91. The molecular formula is C12H20N2O3S2. The topological polar surface area (TPSA) is 60.9 Å². The number of hydrogen-bond acceptors (Lipinski definition) is 5. The number of thiophene rings is 1. The van der Waals surface area contributed by atoms with Crippen LogP contribution in [0, 0.1) is 6.92 Å². The van der Waals surface area contributed by atoms with Crippen LogP contribution >= 0.6 is 11.3 Å². The van der Waals surface area contributed by atoms with Crippen molar-refractivity contribution >= 4 is 21.4 Å². The van der Waals surface area contributed by atoms with Gasteiger partial charge in [0.2, 0.25) is 0 Å². The van der Waals surface area contributed by atoms with Crippen LogP contribution in [0.4, 0.5) is 0 Å². The van der Waals surface area contributed by atoms with Crippen molar-refractivity contribution in [2.75, 3.05) is 33.3 Å². The largest absolute Gasteiger partial charge is 0.396 e. The molecule has 1 fully saturated rings. The molecule has 1 N–H and O–H groups in total. The summed E-state index contributed by atoms with van der Waals surface area (Å²) >= 11 is 1.27. The Bertz CT molecular complexity index is 527. The van der Waals surface area contributed by atoms with E-state index in [2.05, 4.69) is 4.90 Å². The second-order valence-corrected chi connectivity index (χ2v) is 8.03. The molecule has 2 rings (SSSR count). The second-order valence-electron chi connectivity index (χ2n) is 4.95. The molecule has 1 aromatic heterocycles. The summed E-state index contributed by atoms with van der Waals surface area (Å²) in [6, 6.07) is 1.81. The van der Waals surface area contributed by atoms with Crippen LogP contribution in [0.3, 0.4) is 0 Å². The van der Waals surface area contributed by atoms with Crippen LogP contribution in [0.5, 0.6) is 0 Å². The number of piperazine rings is 1. The number of sulfonamides is 1. The molecule has 2 heterocycles. The summed E-state index contributed by atoms with van der Waals surface area (Å²) in [4.78, 5) is 2.11. The van der Waals surface area contributed by atoms with E-state index in [4.69, 9.17) is 5.11 Å². The summed E-state index contributed by atoms with van der Waals surface area (Å²) in [7, 11) is -1.40. The van der Waals surface area contributed by atoms with E-state index in [0.717, 1.165) is 5.56 Å². The lowest BCUT2D eigenvalue weighted by molar-refractivity contribution is 0.120. The van der Waals surface area contributed by atoms with Crippen molar-refractivity contribution in [3.63, 3.8) is 0 Å². The fourth-order valence-electron chi connectivity index (χ4n) is 2.26. The molecule has 0 unspecified atom stereocenters. The number of aliphatic hydroxyl groups is 1. The van der Waals surface area contributed by atoms with Gasteiger partial charge in [0, 0.05) is 32.3 Å². The summed E-state index contributed by atoms with van der Waals surface area (Å²) in [6.45, 7) is 3.65. The van der Waals surface area contributed by atoms with E-state index in [1.54, 1.807) is 10.4 Å². The van der Waals surface area contributed by atoms with Crippen molar-refractivity contribution in [3.8, 4) is 0 Å². The fraction of sp³-hybridized carbons (Fsp3) is 0.667. The molecule has 0 spiro atoms. The lowest BCUT2D eigenvalue weighted by atomic mass is 10.1. The van der Waals surface area contributed by atoms with Crippen molar-refractivity contribution < 1.29 is 13.5 Å². The Labute approximate surface area is 118 Å². The standard InChI is InChI=1S/C12H20N2O3S2/c1-10-7-12(18-9-10)19(16,17)14-5-4-13(2)11(8-14)3-6-15/h7,9,11,15H,3-6,8H2,1-2H3/t11-/m1/s1. The zero-order valence-electron chi connectivity index (χ0n) is 11.2. The Balaban J connectivity index is 2.17. The minimum atomic E-state index is -3.37. The highest BCUT2D eigenvalue weighted by atomic mass is 32.2. The summed E-state index contributed by atoms with van der Waals surface area (Å²) in [6.07, 6.45) is 0.603. The molecule has 108 valence electrons. The first-order valence-corrected chi connectivity index (χ1v) is 8.63. The van der Waals surface area contributed by atoms with E-state index in [1.165, 1.54) is 11.3 Å². The normalized spacial score (nSPS) is 22.8. The Kier molecular flexibility index (Phi) is 4.62. The molecule has 1 aromatic rings. The number of aryl methyl sites for hydroxylation is 1. The Morgan fingerprint density at radius 3 is 2.79 bits per heavy atom. The van der Waals surface area contributed by atoms with Crippen LogP contribution in [0.15, 0.2) is 15.7 Å². The molecular weight excluding hydrogens is 284 g/mol. The van der Waals surface area contributed by atoms with Gasteiger partial charge in [-0.15, -0.1) is 11.3 Å². The zero-order chi connectivity index (χ0) is 14.0. The second kappa shape index (κ2) is 5.88. The third kappa shape index (κ3) is 3.17. The lowest BCUT2D eigenvalue weighted by Crippen LogP contribution is -2.53. The maximum Gasteiger partial charge on any atom is 0.252 e.